The van der Waals surface area contributed by atoms with Gasteiger partial charge in [0.15, 0.2) is 5.69 Å². The van der Waals surface area contributed by atoms with Crippen LogP contribution in [0.5, 0.6) is 0 Å². The lowest BCUT2D eigenvalue weighted by Gasteiger charge is -2.30. The molecule has 1 aliphatic carbocycles. The van der Waals surface area contributed by atoms with Gasteiger partial charge in [-0.05, 0) is 67.5 Å². The van der Waals surface area contributed by atoms with Crippen LogP contribution in [-0.2, 0) is 0 Å². The summed E-state index contributed by atoms with van der Waals surface area (Å²) in [6.45, 7) is 1.10. The second kappa shape index (κ2) is 8.62. The van der Waals surface area contributed by atoms with Crippen molar-refractivity contribution in [3.05, 3.63) is 70.1 Å². The van der Waals surface area contributed by atoms with E-state index in [1.54, 1.807) is 21.7 Å². The van der Waals surface area contributed by atoms with E-state index in [2.05, 4.69) is 5.10 Å². The van der Waals surface area contributed by atoms with E-state index in [1.807, 2.05) is 24.3 Å². The molecule has 1 aromatic heterocycles. The van der Waals surface area contributed by atoms with E-state index < -0.39 is 5.82 Å². The fourth-order valence-corrected chi connectivity index (χ4v) is 4.63. The molecule has 1 atom stereocenters. The van der Waals surface area contributed by atoms with Crippen LogP contribution >= 0.6 is 11.6 Å². The normalized spacial score (nSPS) is 18.2. The molecule has 1 amide bonds. The van der Waals surface area contributed by atoms with Crippen molar-refractivity contribution >= 4 is 17.5 Å². The lowest BCUT2D eigenvalue weighted by Crippen LogP contribution is -2.45. The zero-order valence-electron chi connectivity index (χ0n) is 18.0. The molecule has 5 rings (SSSR count). The minimum absolute atomic E-state index is 0.0461. The summed E-state index contributed by atoms with van der Waals surface area (Å²) in [6.07, 6.45) is 4.04. The Morgan fingerprint density at radius 3 is 2.67 bits per heavy atom. The van der Waals surface area contributed by atoms with Gasteiger partial charge in [0.2, 0.25) is 0 Å². The summed E-state index contributed by atoms with van der Waals surface area (Å²) in [6, 6.07) is 13.6. The molecular weight excluding hydrogens is 441 g/mol. The van der Waals surface area contributed by atoms with Crippen LogP contribution in [0.25, 0.3) is 16.9 Å². The predicted molar refractivity (Wildman–Crippen MR) is 124 cm³/mol. The van der Waals surface area contributed by atoms with Crippen LogP contribution in [-0.4, -0.2) is 39.7 Å². The van der Waals surface area contributed by atoms with Crippen molar-refractivity contribution < 1.29 is 9.18 Å². The lowest BCUT2D eigenvalue weighted by molar-refractivity contribution is 0.0702. The van der Waals surface area contributed by atoms with Gasteiger partial charge in [0.1, 0.15) is 11.9 Å². The summed E-state index contributed by atoms with van der Waals surface area (Å²) in [5.74, 6) is -0.306. The second-order valence-corrected chi connectivity index (χ2v) is 9.18. The Labute approximate surface area is 196 Å². The number of hydrogen-bond acceptors (Lipinski definition) is 4. The van der Waals surface area contributed by atoms with E-state index in [-0.39, 0.29) is 23.2 Å². The summed E-state index contributed by atoms with van der Waals surface area (Å²) in [7, 11) is 0. The third-order valence-corrected chi connectivity index (χ3v) is 6.61. The maximum absolute atomic E-state index is 14.4. The average molecular weight is 464 g/mol. The largest absolute Gasteiger partial charge is 0.336 e. The van der Waals surface area contributed by atoms with Crippen LogP contribution in [0.1, 0.15) is 53.2 Å². The van der Waals surface area contributed by atoms with E-state index in [0.29, 0.717) is 41.0 Å². The highest BCUT2D eigenvalue weighted by molar-refractivity contribution is 6.32. The summed E-state index contributed by atoms with van der Waals surface area (Å²) >= 11 is 6.64. The molecule has 6 nitrogen and oxygen atoms in total. The van der Waals surface area contributed by atoms with Crippen molar-refractivity contribution in [2.75, 3.05) is 13.1 Å². The van der Waals surface area contributed by atoms with E-state index >= 15 is 0 Å². The molecule has 1 saturated carbocycles. The van der Waals surface area contributed by atoms with E-state index in [4.69, 9.17) is 22.6 Å². The minimum Gasteiger partial charge on any atom is -0.336 e. The molecule has 168 valence electrons. The van der Waals surface area contributed by atoms with Crippen molar-refractivity contribution in [3.8, 4) is 23.0 Å². The number of piperidine rings is 1. The third-order valence-electron chi connectivity index (χ3n) is 6.31. The van der Waals surface area contributed by atoms with Gasteiger partial charge in [-0.15, -0.1) is 0 Å². The standard InChI is InChI=1S/C25H23ClFN5O/c26-20-10-16(15-3-4-15)7-8-23(20)32-24(17-5-6-18(13-28)21(27)11-17)12-22(30-32)25(33)31-9-1-2-19(29)14-31/h5-8,10-12,15,19H,1-4,9,14,29H2. The average Bonchev–Trinajstić information content (AvgIpc) is 3.57. The van der Waals surface area contributed by atoms with Crippen LogP contribution < -0.4 is 5.73 Å². The molecule has 2 heterocycles. The smallest absolute Gasteiger partial charge is 0.274 e. The van der Waals surface area contributed by atoms with Crippen molar-refractivity contribution in [3.63, 3.8) is 0 Å². The van der Waals surface area contributed by atoms with Crippen LogP contribution in [0.15, 0.2) is 42.5 Å². The topological polar surface area (TPSA) is 87.9 Å². The molecule has 0 spiro atoms. The Bertz CT molecular complexity index is 1280. The number of nitrogens with zero attached hydrogens (tertiary/aromatic N) is 4. The highest BCUT2D eigenvalue weighted by Crippen LogP contribution is 2.42. The molecule has 2 N–H and O–H groups in total. The van der Waals surface area contributed by atoms with Crippen molar-refractivity contribution in [2.45, 2.75) is 37.6 Å². The van der Waals surface area contributed by atoms with Gasteiger partial charge in [0.25, 0.3) is 5.91 Å². The van der Waals surface area contributed by atoms with E-state index in [0.717, 1.165) is 25.7 Å². The third kappa shape index (κ3) is 4.24. The number of nitriles is 1. The van der Waals surface area contributed by atoms with Gasteiger partial charge in [-0.3, -0.25) is 4.79 Å². The first-order valence-electron chi connectivity index (χ1n) is 11.1. The van der Waals surface area contributed by atoms with Gasteiger partial charge in [-0.2, -0.15) is 10.4 Å². The molecule has 2 aliphatic rings. The molecular formula is C25H23ClFN5O. The molecule has 0 bridgehead atoms. The number of nitrogens with two attached hydrogens (primary N) is 1. The van der Waals surface area contributed by atoms with Crippen LogP contribution in [0.2, 0.25) is 5.02 Å². The quantitative estimate of drug-likeness (QED) is 0.610. The molecule has 0 radical (unpaired) electrons. The van der Waals surface area contributed by atoms with E-state index in [1.165, 1.54) is 17.7 Å². The maximum Gasteiger partial charge on any atom is 0.274 e. The molecule has 3 aromatic rings. The Kier molecular flexibility index (Phi) is 5.65. The van der Waals surface area contributed by atoms with Gasteiger partial charge >= 0.3 is 0 Å². The van der Waals surface area contributed by atoms with Crippen molar-refractivity contribution in [1.29, 1.82) is 5.26 Å². The van der Waals surface area contributed by atoms with Crippen molar-refractivity contribution in [1.82, 2.24) is 14.7 Å². The number of likely N-dealkylation sites (tertiary alicyclic amines) is 1. The summed E-state index contributed by atoms with van der Waals surface area (Å²) in [5, 5.41) is 14.2. The number of halogens is 2. The fourth-order valence-electron chi connectivity index (χ4n) is 4.36. The van der Waals surface area contributed by atoms with Crippen molar-refractivity contribution in [2.24, 2.45) is 5.73 Å². The Balaban J connectivity index is 1.60. The highest BCUT2D eigenvalue weighted by Gasteiger charge is 2.27. The summed E-state index contributed by atoms with van der Waals surface area (Å²) in [5.41, 5.74) is 9.06. The Morgan fingerprint density at radius 2 is 2.00 bits per heavy atom. The zero-order chi connectivity index (χ0) is 23.1. The maximum atomic E-state index is 14.4. The summed E-state index contributed by atoms with van der Waals surface area (Å²) < 4.78 is 16.0. The first-order valence-corrected chi connectivity index (χ1v) is 11.5. The van der Waals surface area contributed by atoms with Gasteiger partial charge in [0.05, 0.1) is 22.0 Å². The molecule has 2 aromatic carbocycles. The minimum atomic E-state index is -0.632. The predicted octanol–water partition coefficient (Wildman–Crippen LogP) is 4.64. The molecule has 1 saturated heterocycles. The first-order chi connectivity index (χ1) is 15.9. The monoisotopic (exact) mass is 463 g/mol. The number of carbonyl (C=O) groups excluding carboxylic acids is 1. The van der Waals surface area contributed by atoms with Crippen LogP contribution in [0, 0.1) is 17.1 Å². The number of rotatable bonds is 4. The molecule has 33 heavy (non-hydrogen) atoms. The van der Waals surface area contributed by atoms with Gasteiger partial charge in [0, 0.05) is 24.7 Å². The molecule has 2 fully saturated rings. The van der Waals surface area contributed by atoms with E-state index in [9.17, 15) is 9.18 Å². The molecule has 1 aliphatic heterocycles. The first kappa shape index (κ1) is 21.6. The fraction of sp³-hybridized carbons (Fsp3) is 0.320. The van der Waals surface area contributed by atoms with Crippen LogP contribution in [0.3, 0.4) is 0 Å². The molecule has 1 unspecified atom stereocenters. The number of carbonyl (C=O) groups is 1. The number of aromatic nitrogens is 2. The van der Waals surface area contributed by atoms with Gasteiger partial charge < -0.3 is 10.6 Å². The Morgan fingerprint density at radius 1 is 1.18 bits per heavy atom. The number of amides is 1. The highest BCUT2D eigenvalue weighted by atomic mass is 35.5. The second-order valence-electron chi connectivity index (χ2n) is 8.77. The lowest BCUT2D eigenvalue weighted by atomic mass is 10.1. The zero-order valence-corrected chi connectivity index (χ0v) is 18.7. The molecule has 8 heteroatoms. The van der Waals surface area contributed by atoms with Gasteiger partial charge in [-0.25, -0.2) is 9.07 Å². The summed E-state index contributed by atoms with van der Waals surface area (Å²) in [4.78, 5) is 14.9. The van der Waals surface area contributed by atoms with Crippen LogP contribution in [0.4, 0.5) is 4.39 Å². The SMILES string of the molecule is N#Cc1ccc(-c2cc(C(=O)N3CCCC(N)C3)nn2-c2ccc(C3CC3)cc2Cl)cc1F. The Hall–Kier alpha value is -3.21. The number of benzene rings is 2. The number of hydrogen-bond donors (Lipinski definition) is 1. The van der Waals surface area contributed by atoms with Gasteiger partial charge in [-0.1, -0.05) is 23.7 Å².